The Labute approximate surface area is 130 Å². The highest BCUT2D eigenvalue weighted by Crippen LogP contribution is 2.19. The van der Waals surface area contributed by atoms with E-state index in [1.807, 2.05) is 41.6 Å². The third-order valence-corrected chi connectivity index (χ3v) is 4.30. The summed E-state index contributed by atoms with van der Waals surface area (Å²) >= 11 is 0. The zero-order valence-electron chi connectivity index (χ0n) is 13.1. The van der Waals surface area contributed by atoms with Crippen LogP contribution in [0, 0.1) is 6.92 Å². The molecule has 5 nitrogen and oxygen atoms in total. The van der Waals surface area contributed by atoms with E-state index in [2.05, 4.69) is 22.5 Å². The van der Waals surface area contributed by atoms with Crippen LogP contribution in [0.2, 0.25) is 0 Å². The molecule has 1 fully saturated rings. The second kappa shape index (κ2) is 6.32. The van der Waals surface area contributed by atoms with Crippen molar-refractivity contribution in [2.45, 2.75) is 26.4 Å². The van der Waals surface area contributed by atoms with E-state index < -0.39 is 0 Å². The molecule has 2 heterocycles. The molecule has 5 heteroatoms. The van der Waals surface area contributed by atoms with E-state index >= 15 is 0 Å². The molecule has 0 radical (unpaired) electrons. The second-order valence-corrected chi connectivity index (χ2v) is 5.63. The summed E-state index contributed by atoms with van der Waals surface area (Å²) in [6, 6.07) is 10.5. The Hall–Kier alpha value is -2.14. The van der Waals surface area contributed by atoms with Crippen LogP contribution in [0.5, 0.6) is 0 Å². The fourth-order valence-corrected chi connectivity index (χ4v) is 2.99. The average Bonchev–Trinajstić information content (AvgIpc) is 2.96. The van der Waals surface area contributed by atoms with Crippen LogP contribution in [-0.4, -0.2) is 40.2 Å². The highest BCUT2D eigenvalue weighted by Gasteiger charge is 2.26. The van der Waals surface area contributed by atoms with Crippen molar-refractivity contribution in [1.82, 2.24) is 20.0 Å². The lowest BCUT2D eigenvalue weighted by molar-refractivity contribution is 0.0702. The van der Waals surface area contributed by atoms with Crippen LogP contribution < -0.4 is 5.32 Å². The Bertz CT molecular complexity index is 650. The zero-order valence-corrected chi connectivity index (χ0v) is 13.1. The van der Waals surface area contributed by atoms with Gasteiger partial charge in [0.25, 0.3) is 5.91 Å². The van der Waals surface area contributed by atoms with Crippen LogP contribution >= 0.6 is 0 Å². The first kappa shape index (κ1) is 14.8. The number of amides is 1. The highest BCUT2D eigenvalue weighted by atomic mass is 16.2. The topological polar surface area (TPSA) is 50.2 Å². The summed E-state index contributed by atoms with van der Waals surface area (Å²) in [6.45, 7) is 7.02. The molecule has 0 bridgehead atoms. The monoisotopic (exact) mass is 298 g/mol. The van der Waals surface area contributed by atoms with Gasteiger partial charge in [-0.3, -0.25) is 9.48 Å². The maximum atomic E-state index is 12.8. The van der Waals surface area contributed by atoms with E-state index in [0.717, 1.165) is 30.9 Å². The molecule has 3 rings (SSSR count). The lowest BCUT2D eigenvalue weighted by atomic mass is 10.0. The Morgan fingerprint density at radius 2 is 2.14 bits per heavy atom. The van der Waals surface area contributed by atoms with Gasteiger partial charge in [-0.05, 0) is 19.4 Å². The Morgan fingerprint density at radius 1 is 1.36 bits per heavy atom. The molecule has 2 aromatic rings. The molecule has 1 aromatic heterocycles. The molecule has 1 saturated heterocycles. The maximum absolute atomic E-state index is 12.8. The number of hydrogen-bond donors (Lipinski definition) is 1. The van der Waals surface area contributed by atoms with Crippen LogP contribution in [0.25, 0.3) is 0 Å². The van der Waals surface area contributed by atoms with Gasteiger partial charge in [-0.1, -0.05) is 30.3 Å². The molecule has 22 heavy (non-hydrogen) atoms. The highest BCUT2D eigenvalue weighted by molar-refractivity contribution is 5.95. The second-order valence-electron chi connectivity index (χ2n) is 5.63. The van der Waals surface area contributed by atoms with E-state index in [0.29, 0.717) is 6.54 Å². The standard InChI is InChI=1S/C17H22N4O/c1-3-21-13(2)15(11-19-21)17(22)20-10-9-18-16(12-20)14-7-5-4-6-8-14/h4-8,11,16,18H,3,9-10,12H2,1-2H3/t16-/m0/s1. The Kier molecular flexibility index (Phi) is 4.24. The number of aryl methyl sites for hydroxylation is 1. The third-order valence-electron chi connectivity index (χ3n) is 4.30. The van der Waals surface area contributed by atoms with Crippen LogP contribution in [0.4, 0.5) is 0 Å². The summed E-state index contributed by atoms with van der Waals surface area (Å²) in [7, 11) is 0. The number of piperazine rings is 1. The van der Waals surface area contributed by atoms with Gasteiger partial charge < -0.3 is 10.2 Å². The van der Waals surface area contributed by atoms with E-state index in [4.69, 9.17) is 0 Å². The average molecular weight is 298 g/mol. The summed E-state index contributed by atoms with van der Waals surface area (Å²) in [5, 5.41) is 7.77. The number of aromatic nitrogens is 2. The lowest BCUT2D eigenvalue weighted by Crippen LogP contribution is -2.48. The smallest absolute Gasteiger partial charge is 0.257 e. The summed E-state index contributed by atoms with van der Waals surface area (Å²) in [5.41, 5.74) is 2.89. The zero-order chi connectivity index (χ0) is 15.5. The minimum Gasteiger partial charge on any atom is -0.335 e. The molecule has 1 N–H and O–H groups in total. The Morgan fingerprint density at radius 3 is 2.82 bits per heavy atom. The minimum absolute atomic E-state index is 0.0830. The van der Waals surface area contributed by atoms with Crippen LogP contribution in [0.15, 0.2) is 36.5 Å². The van der Waals surface area contributed by atoms with Crippen molar-refractivity contribution in [2.75, 3.05) is 19.6 Å². The third kappa shape index (κ3) is 2.76. The molecule has 0 unspecified atom stereocenters. The van der Waals surface area contributed by atoms with E-state index in [1.165, 1.54) is 5.56 Å². The maximum Gasteiger partial charge on any atom is 0.257 e. The van der Waals surface area contributed by atoms with Crippen LogP contribution in [-0.2, 0) is 6.54 Å². The minimum atomic E-state index is 0.0830. The predicted octanol–water partition coefficient (Wildman–Crippen LogP) is 2.00. The summed E-state index contributed by atoms with van der Waals surface area (Å²) in [6.07, 6.45) is 1.70. The molecule has 1 atom stereocenters. The number of carbonyl (C=O) groups excluding carboxylic acids is 1. The normalized spacial score (nSPS) is 18.5. The van der Waals surface area contributed by atoms with Crippen molar-refractivity contribution in [2.24, 2.45) is 0 Å². The van der Waals surface area contributed by atoms with Gasteiger partial charge in [-0.2, -0.15) is 5.10 Å². The largest absolute Gasteiger partial charge is 0.335 e. The van der Waals surface area contributed by atoms with Crippen molar-refractivity contribution < 1.29 is 4.79 Å². The van der Waals surface area contributed by atoms with Crippen molar-refractivity contribution in [3.8, 4) is 0 Å². The number of carbonyl (C=O) groups is 1. The van der Waals surface area contributed by atoms with E-state index in [-0.39, 0.29) is 11.9 Å². The number of benzene rings is 1. The molecule has 1 amide bonds. The van der Waals surface area contributed by atoms with Gasteiger partial charge in [0.15, 0.2) is 0 Å². The quantitative estimate of drug-likeness (QED) is 0.943. The van der Waals surface area contributed by atoms with Crippen molar-refractivity contribution in [3.05, 3.63) is 53.3 Å². The first-order valence-electron chi connectivity index (χ1n) is 7.80. The number of nitrogens with one attached hydrogen (secondary N) is 1. The lowest BCUT2D eigenvalue weighted by Gasteiger charge is -2.34. The van der Waals surface area contributed by atoms with Gasteiger partial charge in [-0.15, -0.1) is 0 Å². The summed E-state index contributed by atoms with van der Waals surface area (Å²) in [4.78, 5) is 14.7. The molecule has 1 aliphatic heterocycles. The molecular weight excluding hydrogens is 276 g/mol. The van der Waals surface area contributed by atoms with Gasteiger partial charge >= 0.3 is 0 Å². The number of hydrogen-bond acceptors (Lipinski definition) is 3. The first-order chi connectivity index (χ1) is 10.7. The van der Waals surface area contributed by atoms with Crippen LogP contribution in [0.1, 0.15) is 34.6 Å². The molecule has 116 valence electrons. The fraction of sp³-hybridized carbons (Fsp3) is 0.412. The summed E-state index contributed by atoms with van der Waals surface area (Å²) in [5.74, 6) is 0.0830. The molecular formula is C17H22N4O. The molecule has 0 saturated carbocycles. The molecule has 1 aromatic carbocycles. The van der Waals surface area contributed by atoms with E-state index in [1.54, 1.807) is 6.20 Å². The number of rotatable bonds is 3. The predicted molar refractivity (Wildman–Crippen MR) is 85.7 cm³/mol. The SMILES string of the molecule is CCn1ncc(C(=O)N2CCN[C@H](c3ccccc3)C2)c1C. The van der Waals surface area contributed by atoms with Crippen molar-refractivity contribution in [3.63, 3.8) is 0 Å². The molecule has 0 spiro atoms. The van der Waals surface area contributed by atoms with Crippen molar-refractivity contribution in [1.29, 1.82) is 0 Å². The van der Waals surface area contributed by atoms with Gasteiger partial charge in [0, 0.05) is 37.9 Å². The van der Waals surface area contributed by atoms with Gasteiger partial charge in [0.05, 0.1) is 11.8 Å². The van der Waals surface area contributed by atoms with Gasteiger partial charge in [0.2, 0.25) is 0 Å². The molecule has 0 aliphatic carbocycles. The van der Waals surface area contributed by atoms with Crippen LogP contribution in [0.3, 0.4) is 0 Å². The van der Waals surface area contributed by atoms with E-state index in [9.17, 15) is 4.79 Å². The number of nitrogens with zero attached hydrogens (tertiary/aromatic N) is 3. The fourth-order valence-electron chi connectivity index (χ4n) is 2.99. The van der Waals surface area contributed by atoms with Crippen molar-refractivity contribution >= 4 is 5.91 Å². The Balaban J connectivity index is 1.77. The first-order valence-corrected chi connectivity index (χ1v) is 7.80. The summed E-state index contributed by atoms with van der Waals surface area (Å²) < 4.78 is 1.87. The van der Waals surface area contributed by atoms with Gasteiger partial charge in [0.1, 0.15) is 0 Å². The molecule has 1 aliphatic rings. The van der Waals surface area contributed by atoms with Gasteiger partial charge in [-0.25, -0.2) is 0 Å².